The van der Waals surface area contributed by atoms with Crippen LogP contribution in [0.4, 0.5) is 0 Å². The maximum atomic E-state index is 11.0. The molecule has 0 N–H and O–H groups in total. The number of esters is 1. The van der Waals surface area contributed by atoms with E-state index in [2.05, 4.69) is 20.4 Å². The van der Waals surface area contributed by atoms with Crippen LogP contribution in [0.5, 0.6) is 0 Å². The minimum absolute atomic E-state index is 0.119. The Kier molecular flexibility index (Phi) is 5.43. The maximum Gasteiger partial charge on any atom is 0.306 e. The van der Waals surface area contributed by atoms with Gasteiger partial charge in [0.15, 0.2) is 0 Å². The monoisotopic (exact) mass is 170 g/mol. The van der Waals surface area contributed by atoms with E-state index < -0.39 is 0 Å². The van der Waals surface area contributed by atoms with Gasteiger partial charge in [0, 0.05) is 6.42 Å². The van der Waals surface area contributed by atoms with E-state index in [0.29, 0.717) is 18.9 Å². The summed E-state index contributed by atoms with van der Waals surface area (Å²) in [4.78, 5) is 11.0. The zero-order valence-electron chi connectivity index (χ0n) is 8.22. The Morgan fingerprint density at radius 3 is 2.50 bits per heavy atom. The van der Waals surface area contributed by atoms with E-state index in [1.165, 1.54) is 0 Å². The molecule has 0 saturated carbocycles. The van der Waals surface area contributed by atoms with Crippen LogP contribution in [0.1, 0.15) is 33.6 Å². The molecule has 0 unspecified atom stereocenters. The summed E-state index contributed by atoms with van der Waals surface area (Å²) in [5.74, 6) is 0.439. The Bertz CT molecular complexity index is 159. The highest BCUT2D eigenvalue weighted by molar-refractivity contribution is 5.69. The molecular formula is C10H18O2. The van der Waals surface area contributed by atoms with E-state index in [0.717, 1.165) is 12.0 Å². The van der Waals surface area contributed by atoms with Gasteiger partial charge in [-0.25, -0.2) is 0 Å². The van der Waals surface area contributed by atoms with Crippen molar-refractivity contribution in [1.29, 1.82) is 0 Å². The van der Waals surface area contributed by atoms with Crippen molar-refractivity contribution in [3.63, 3.8) is 0 Å². The van der Waals surface area contributed by atoms with Crippen molar-refractivity contribution >= 4 is 5.97 Å². The minimum Gasteiger partial charge on any atom is -0.461 e. The first-order valence-electron chi connectivity index (χ1n) is 4.32. The number of carbonyl (C=O) groups is 1. The van der Waals surface area contributed by atoms with Crippen LogP contribution in [-0.2, 0) is 9.53 Å². The fraction of sp³-hybridized carbons (Fsp3) is 0.700. The van der Waals surface area contributed by atoms with Crippen LogP contribution in [0, 0.1) is 5.92 Å². The number of hydrogen-bond donors (Lipinski definition) is 0. The molecule has 0 rings (SSSR count). The van der Waals surface area contributed by atoms with Crippen molar-refractivity contribution in [1.82, 2.24) is 0 Å². The van der Waals surface area contributed by atoms with E-state index >= 15 is 0 Å². The van der Waals surface area contributed by atoms with Crippen molar-refractivity contribution < 1.29 is 9.53 Å². The quantitative estimate of drug-likeness (QED) is 0.468. The molecule has 0 aliphatic heterocycles. The lowest BCUT2D eigenvalue weighted by Crippen LogP contribution is -2.07. The van der Waals surface area contributed by atoms with E-state index in [-0.39, 0.29) is 5.97 Å². The SMILES string of the molecule is C=C(C)COC(=O)CCC(C)C. The number of ether oxygens (including phenoxy) is 1. The van der Waals surface area contributed by atoms with Gasteiger partial charge in [-0.15, -0.1) is 0 Å². The van der Waals surface area contributed by atoms with Crippen LogP contribution in [0.15, 0.2) is 12.2 Å². The molecule has 0 aromatic carbocycles. The first kappa shape index (κ1) is 11.2. The molecule has 0 fully saturated rings. The van der Waals surface area contributed by atoms with E-state index in [1.54, 1.807) is 0 Å². The fourth-order valence-electron chi connectivity index (χ4n) is 0.682. The topological polar surface area (TPSA) is 26.3 Å². The summed E-state index contributed by atoms with van der Waals surface area (Å²) < 4.78 is 4.92. The van der Waals surface area contributed by atoms with Gasteiger partial charge in [-0.3, -0.25) is 4.79 Å². The number of rotatable bonds is 5. The second-order valence-corrected chi connectivity index (χ2v) is 3.55. The first-order chi connectivity index (χ1) is 5.52. The zero-order chi connectivity index (χ0) is 9.56. The molecule has 0 aliphatic carbocycles. The van der Waals surface area contributed by atoms with Crippen molar-refractivity contribution in [2.75, 3.05) is 6.61 Å². The Morgan fingerprint density at radius 2 is 2.08 bits per heavy atom. The third-order valence-corrected chi connectivity index (χ3v) is 1.41. The molecule has 0 atom stereocenters. The normalized spacial score (nSPS) is 10.0. The van der Waals surface area contributed by atoms with Crippen molar-refractivity contribution in [3.8, 4) is 0 Å². The molecule has 2 nitrogen and oxygen atoms in total. The molecule has 0 amide bonds. The standard InChI is InChI=1S/C10H18O2/c1-8(2)5-6-10(11)12-7-9(3)4/h8H,3,5-7H2,1-2,4H3. The first-order valence-corrected chi connectivity index (χ1v) is 4.32. The highest BCUT2D eigenvalue weighted by Gasteiger charge is 2.03. The minimum atomic E-state index is -0.119. The molecular weight excluding hydrogens is 152 g/mol. The molecule has 0 bridgehead atoms. The second kappa shape index (κ2) is 5.81. The highest BCUT2D eigenvalue weighted by atomic mass is 16.5. The summed E-state index contributed by atoms with van der Waals surface area (Å²) in [6.45, 7) is 10.0. The Hall–Kier alpha value is -0.790. The van der Waals surface area contributed by atoms with Gasteiger partial charge in [0.2, 0.25) is 0 Å². The molecule has 0 heterocycles. The molecule has 70 valence electrons. The predicted molar refractivity (Wildman–Crippen MR) is 49.8 cm³/mol. The Morgan fingerprint density at radius 1 is 1.50 bits per heavy atom. The van der Waals surface area contributed by atoms with Gasteiger partial charge in [0.25, 0.3) is 0 Å². The number of hydrogen-bond acceptors (Lipinski definition) is 2. The van der Waals surface area contributed by atoms with E-state index in [9.17, 15) is 4.79 Å². The van der Waals surface area contributed by atoms with Crippen LogP contribution in [-0.4, -0.2) is 12.6 Å². The number of carbonyl (C=O) groups excluding carboxylic acids is 1. The largest absolute Gasteiger partial charge is 0.461 e. The summed E-state index contributed by atoms with van der Waals surface area (Å²) in [5.41, 5.74) is 0.882. The molecule has 12 heavy (non-hydrogen) atoms. The van der Waals surface area contributed by atoms with Gasteiger partial charge in [0.05, 0.1) is 0 Å². The Labute approximate surface area is 74.6 Å². The fourth-order valence-corrected chi connectivity index (χ4v) is 0.682. The van der Waals surface area contributed by atoms with Gasteiger partial charge < -0.3 is 4.74 Å². The van der Waals surface area contributed by atoms with Crippen LogP contribution in [0.2, 0.25) is 0 Å². The second-order valence-electron chi connectivity index (χ2n) is 3.55. The average Bonchev–Trinajstić information content (AvgIpc) is 1.96. The van der Waals surface area contributed by atoms with Crippen LogP contribution < -0.4 is 0 Å². The summed E-state index contributed by atoms with van der Waals surface area (Å²) in [5, 5.41) is 0. The average molecular weight is 170 g/mol. The van der Waals surface area contributed by atoms with Crippen molar-refractivity contribution in [2.24, 2.45) is 5.92 Å². The molecule has 0 saturated heterocycles. The lowest BCUT2D eigenvalue weighted by Gasteiger charge is -2.05. The zero-order valence-corrected chi connectivity index (χ0v) is 8.22. The van der Waals surface area contributed by atoms with Gasteiger partial charge in [-0.05, 0) is 24.8 Å². The molecule has 0 spiro atoms. The third-order valence-electron chi connectivity index (χ3n) is 1.41. The van der Waals surface area contributed by atoms with Gasteiger partial charge >= 0.3 is 5.97 Å². The van der Waals surface area contributed by atoms with Gasteiger partial charge in [-0.2, -0.15) is 0 Å². The van der Waals surface area contributed by atoms with Gasteiger partial charge in [0.1, 0.15) is 6.61 Å². The predicted octanol–water partition coefficient (Wildman–Crippen LogP) is 2.54. The van der Waals surface area contributed by atoms with Crippen LogP contribution in [0.25, 0.3) is 0 Å². The maximum absolute atomic E-state index is 11.0. The lowest BCUT2D eigenvalue weighted by atomic mass is 10.1. The van der Waals surface area contributed by atoms with E-state index in [1.807, 2.05) is 6.92 Å². The van der Waals surface area contributed by atoms with Crippen LogP contribution >= 0.6 is 0 Å². The van der Waals surface area contributed by atoms with Crippen LogP contribution in [0.3, 0.4) is 0 Å². The smallest absolute Gasteiger partial charge is 0.306 e. The molecule has 0 aromatic heterocycles. The van der Waals surface area contributed by atoms with Crippen molar-refractivity contribution in [2.45, 2.75) is 33.6 Å². The summed E-state index contributed by atoms with van der Waals surface area (Å²) in [6.07, 6.45) is 1.42. The lowest BCUT2D eigenvalue weighted by molar-refractivity contribution is -0.142. The highest BCUT2D eigenvalue weighted by Crippen LogP contribution is 2.04. The van der Waals surface area contributed by atoms with Gasteiger partial charge in [-0.1, -0.05) is 20.4 Å². The molecule has 0 aromatic rings. The third kappa shape index (κ3) is 7.32. The Balaban J connectivity index is 3.40. The summed E-state index contributed by atoms with van der Waals surface area (Å²) in [6, 6.07) is 0. The summed E-state index contributed by atoms with van der Waals surface area (Å²) in [7, 11) is 0. The van der Waals surface area contributed by atoms with E-state index in [4.69, 9.17) is 4.74 Å². The molecule has 2 heteroatoms. The summed E-state index contributed by atoms with van der Waals surface area (Å²) >= 11 is 0. The molecule has 0 aliphatic rings. The van der Waals surface area contributed by atoms with Crippen molar-refractivity contribution in [3.05, 3.63) is 12.2 Å². The molecule has 0 radical (unpaired) electrons.